The summed E-state index contributed by atoms with van der Waals surface area (Å²) < 4.78 is 38.2. The number of halogens is 2. The molecule has 4 heterocycles. The van der Waals surface area contributed by atoms with Crippen molar-refractivity contribution in [2.45, 2.75) is 76.7 Å². The maximum atomic E-state index is 15.9. The highest BCUT2D eigenvalue weighted by atomic mass is 19.1. The normalized spacial score (nSPS) is 22.1. The predicted molar refractivity (Wildman–Crippen MR) is 145 cm³/mol. The molecule has 3 amide bonds. The first-order valence-corrected chi connectivity index (χ1v) is 14.3. The van der Waals surface area contributed by atoms with Gasteiger partial charge in [0.15, 0.2) is 5.82 Å². The molecule has 2 aromatic rings. The first-order chi connectivity index (χ1) is 18.9. The highest BCUT2D eigenvalue weighted by Crippen LogP contribution is 2.38. The van der Waals surface area contributed by atoms with Crippen molar-refractivity contribution >= 4 is 28.8 Å². The third kappa shape index (κ3) is 5.84. The number of piperidine rings is 3. The van der Waals surface area contributed by atoms with E-state index in [9.17, 15) is 14.4 Å². The molecule has 1 unspecified atom stereocenters. The zero-order chi connectivity index (χ0) is 28.8. The SMILES string of the molecule is Cn1nc(C2CCC(=O)NC2=O)c2cc(F)c(C3CCN(CC4CCN(C(=O)OC(C)(C)C)CC4)CC3)c(F)c21. The summed E-state index contributed by atoms with van der Waals surface area (Å²) in [5.74, 6) is -2.55. The van der Waals surface area contributed by atoms with Gasteiger partial charge in [-0.1, -0.05) is 0 Å². The number of carbonyl (C=O) groups excluding carboxylic acids is 3. The van der Waals surface area contributed by atoms with Gasteiger partial charge in [-0.15, -0.1) is 0 Å². The van der Waals surface area contributed by atoms with Crippen molar-refractivity contribution in [2.75, 3.05) is 32.7 Å². The average Bonchev–Trinajstić information content (AvgIpc) is 3.20. The van der Waals surface area contributed by atoms with Crippen molar-refractivity contribution in [1.82, 2.24) is 24.9 Å². The van der Waals surface area contributed by atoms with Gasteiger partial charge in [-0.3, -0.25) is 19.6 Å². The molecule has 3 aliphatic heterocycles. The van der Waals surface area contributed by atoms with E-state index in [1.165, 1.54) is 10.7 Å². The third-order valence-electron chi connectivity index (χ3n) is 8.43. The Morgan fingerprint density at radius 2 is 1.75 bits per heavy atom. The molecule has 1 N–H and O–H groups in total. The second-order valence-electron chi connectivity index (χ2n) is 12.5. The molecule has 11 heteroatoms. The van der Waals surface area contributed by atoms with Crippen LogP contribution in [0.5, 0.6) is 0 Å². The smallest absolute Gasteiger partial charge is 0.410 e. The van der Waals surface area contributed by atoms with Crippen LogP contribution in [-0.4, -0.2) is 75.8 Å². The number of rotatable bonds is 4. The fraction of sp³-hybridized carbons (Fsp3) is 0.655. The van der Waals surface area contributed by atoms with Crippen LogP contribution in [0.2, 0.25) is 0 Å². The van der Waals surface area contributed by atoms with E-state index in [0.717, 1.165) is 32.5 Å². The van der Waals surface area contributed by atoms with E-state index in [1.54, 1.807) is 11.9 Å². The van der Waals surface area contributed by atoms with Crippen LogP contribution in [0.4, 0.5) is 13.6 Å². The Bertz CT molecular complexity index is 1300. The number of ether oxygens (including phenoxy) is 1. The number of amides is 3. The molecule has 9 nitrogen and oxygen atoms in total. The Hall–Kier alpha value is -3.08. The molecular formula is C29H39F2N5O4. The Morgan fingerprint density at radius 3 is 2.38 bits per heavy atom. The van der Waals surface area contributed by atoms with Crippen LogP contribution in [0.15, 0.2) is 6.07 Å². The van der Waals surface area contributed by atoms with Crippen LogP contribution in [0.3, 0.4) is 0 Å². The minimum atomic E-state index is -0.717. The maximum Gasteiger partial charge on any atom is 0.410 e. The van der Waals surface area contributed by atoms with E-state index in [4.69, 9.17) is 4.74 Å². The number of nitrogens with one attached hydrogen (secondary N) is 1. The molecule has 1 aromatic heterocycles. The second-order valence-corrected chi connectivity index (χ2v) is 12.5. The highest BCUT2D eigenvalue weighted by molar-refractivity contribution is 6.02. The molecule has 5 rings (SSSR count). The van der Waals surface area contributed by atoms with Gasteiger partial charge in [-0.05, 0) is 83.9 Å². The summed E-state index contributed by atoms with van der Waals surface area (Å²) >= 11 is 0. The summed E-state index contributed by atoms with van der Waals surface area (Å²) in [4.78, 5) is 40.5. The monoisotopic (exact) mass is 559 g/mol. The van der Waals surface area contributed by atoms with Crippen molar-refractivity contribution in [3.05, 3.63) is 29.0 Å². The highest BCUT2D eigenvalue weighted by Gasteiger charge is 2.35. The number of benzene rings is 1. The van der Waals surface area contributed by atoms with E-state index in [1.807, 2.05) is 20.8 Å². The molecule has 3 aliphatic rings. The quantitative estimate of drug-likeness (QED) is 0.565. The lowest BCUT2D eigenvalue weighted by molar-refractivity contribution is -0.134. The number of carbonyl (C=O) groups is 3. The number of imide groups is 1. The number of hydrogen-bond donors (Lipinski definition) is 1. The van der Waals surface area contributed by atoms with Crippen LogP contribution in [0.25, 0.3) is 10.9 Å². The van der Waals surface area contributed by atoms with Gasteiger partial charge < -0.3 is 14.5 Å². The molecular weight excluding hydrogens is 520 g/mol. The van der Waals surface area contributed by atoms with Crippen LogP contribution in [-0.2, 0) is 21.4 Å². The van der Waals surface area contributed by atoms with E-state index < -0.39 is 29.1 Å². The Labute approximate surface area is 233 Å². The summed E-state index contributed by atoms with van der Waals surface area (Å²) in [5, 5.41) is 6.97. The summed E-state index contributed by atoms with van der Waals surface area (Å²) in [5.41, 5.74) is 0.0826. The molecule has 0 bridgehead atoms. The summed E-state index contributed by atoms with van der Waals surface area (Å²) in [6, 6.07) is 1.31. The molecule has 1 aromatic carbocycles. The summed E-state index contributed by atoms with van der Waals surface area (Å²) in [6.07, 6.45) is 3.29. The number of hydrogen-bond acceptors (Lipinski definition) is 6. The lowest BCUT2D eigenvalue weighted by Gasteiger charge is -2.38. The van der Waals surface area contributed by atoms with E-state index in [2.05, 4.69) is 15.3 Å². The fourth-order valence-electron chi connectivity index (χ4n) is 6.38. The molecule has 0 saturated carbocycles. The minimum absolute atomic E-state index is 0.0932. The number of likely N-dealkylation sites (tertiary alicyclic amines) is 2. The molecule has 0 radical (unpaired) electrons. The van der Waals surface area contributed by atoms with Crippen LogP contribution >= 0.6 is 0 Å². The van der Waals surface area contributed by atoms with Crippen LogP contribution < -0.4 is 5.32 Å². The number of aromatic nitrogens is 2. The van der Waals surface area contributed by atoms with Gasteiger partial charge in [0, 0.05) is 44.1 Å². The van der Waals surface area contributed by atoms with Gasteiger partial charge >= 0.3 is 6.09 Å². The van der Waals surface area contributed by atoms with Gasteiger partial charge in [0.2, 0.25) is 11.8 Å². The van der Waals surface area contributed by atoms with Gasteiger partial charge in [0.05, 0.1) is 11.6 Å². The minimum Gasteiger partial charge on any atom is -0.444 e. The van der Waals surface area contributed by atoms with Gasteiger partial charge in [0.25, 0.3) is 0 Å². The third-order valence-corrected chi connectivity index (χ3v) is 8.43. The Morgan fingerprint density at radius 1 is 1.07 bits per heavy atom. The predicted octanol–water partition coefficient (Wildman–Crippen LogP) is 4.20. The summed E-state index contributed by atoms with van der Waals surface area (Å²) in [7, 11) is 1.60. The number of fused-ring (bicyclic) bond motifs is 1. The Kier molecular flexibility index (Phi) is 7.87. The average molecular weight is 560 g/mol. The lowest BCUT2D eigenvalue weighted by atomic mass is 9.86. The van der Waals surface area contributed by atoms with E-state index >= 15 is 8.78 Å². The van der Waals surface area contributed by atoms with Gasteiger partial charge in [-0.25, -0.2) is 13.6 Å². The first kappa shape index (κ1) is 28.4. The van der Waals surface area contributed by atoms with Gasteiger partial charge in [-0.2, -0.15) is 5.10 Å². The largest absolute Gasteiger partial charge is 0.444 e. The zero-order valence-corrected chi connectivity index (χ0v) is 23.8. The second kappa shape index (κ2) is 11.1. The van der Waals surface area contributed by atoms with Crippen molar-refractivity contribution in [1.29, 1.82) is 0 Å². The molecule has 3 saturated heterocycles. The molecule has 3 fully saturated rings. The van der Waals surface area contributed by atoms with Crippen molar-refractivity contribution in [2.24, 2.45) is 13.0 Å². The molecule has 1 atom stereocenters. The topological polar surface area (TPSA) is 96.8 Å². The van der Waals surface area contributed by atoms with Crippen molar-refractivity contribution in [3.8, 4) is 0 Å². The van der Waals surface area contributed by atoms with Gasteiger partial charge in [0.1, 0.15) is 16.9 Å². The maximum absolute atomic E-state index is 15.9. The lowest BCUT2D eigenvalue weighted by Crippen LogP contribution is -2.44. The van der Waals surface area contributed by atoms with Crippen LogP contribution in [0, 0.1) is 17.6 Å². The number of aryl methyl sites for hydroxylation is 1. The molecule has 0 spiro atoms. The van der Waals surface area contributed by atoms with Crippen molar-refractivity contribution in [3.63, 3.8) is 0 Å². The molecule has 218 valence electrons. The Balaban J connectivity index is 1.21. The van der Waals surface area contributed by atoms with Crippen LogP contribution in [0.1, 0.15) is 82.4 Å². The standard InChI is InChI=1S/C29H39F2N5O4/c1-29(2,3)40-28(39)36-13-7-17(8-14-36)16-35-11-9-18(10-12-35)23-21(30)15-20-25(33-34(4)26(20)24(23)31)19-5-6-22(37)32-27(19)38/h15,17-19H,5-14,16H2,1-4H3,(H,32,37,38). The molecule has 40 heavy (non-hydrogen) atoms. The first-order valence-electron chi connectivity index (χ1n) is 14.3. The number of nitrogens with zero attached hydrogens (tertiary/aromatic N) is 4. The van der Waals surface area contributed by atoms with Crippen molar-refractivity contribution < 1.29 is 27.9 Å². The zero-order valence-electron chi connectivity index (χ0n) is 23.8. The van der Waals surface area contributed by atoms with E-state index in [0.29, 0.717) is 37.5 Å². The van der Waals surface area contributed by atoms with E-state index in [-0.39, 0.29) is 47.2 Å². The fourth-order valence-corrected chi connectivity index (χ4v) is 6.38. The summed E-state index contributed by atoms with van der Waals surface area (Å²) in [6.45, 7) is 9.37. The molecule has 0 aliphatic carbocycles.